The van der Waals surface area contributed by atoms with Crippen LogP contribution in [0, 0.1) is 0 Å². The number of guanidine groups is 1. The van der Waals surface area contributed by atoms with E-state index in [0.717, 1.165) is 30.0 Å². The largest absolute Gasteiger partial charge is 0.481 e. The minimum absolute atomic E-state index is 0.00688. The summed E-state index contributed by atoms with van der Waals surface area (Å²) in [7, 11) is 6.96. The number of carbonyl (C=O) groups excluding carboxylic acids is 1. The van der Waals surface area contributed by atoms with Crippen molar-refractivity contribution in [3.8, 4) is 5.88 Å². The van der Waals surface area contributed by atoms with Crippen molar-refractivity contribution in [1.82, 2.24) is 25.3 Å². The summed E-state index contributed by atoms with van der Waals surface area (Å²) in [6.07, 6.45) is 2.86. The molecule has 0 atom stereocenters. The van der Waals surface area contributed by atoms with Gasteiger partial charge < -0.3 is 20.3 Å². The molecule has 0 saturated carbocycles. The predicted molar refractivity (Wildman–Crippen MR) is 103 cm³/mol. The van der Waals surface area contributed by atoms with Crippen LogP contribution in [0.1, 0.15) is 18.2 Å². The number of likely N-dealkylation sites (N-methyl/N-ethyl adjacent to an activating group) is 1. The lowest BCUT2D eigenvalue weighted by molar-refractivity contribution is -0.127. The fourth-order valence-corrected chi connectivity index (χ4v) is 2.53. The molecule has 0 aromatic carbocycles. The van der Waals surface area contributed by atoms with Gasteiger partial charge in [0, 0.05) is 33.4 Å². The zero-order valence-corrected chi connectivity index (χ0v) is 16.9. The van der Waals surface area contributed by atoms with Crippen molar-refractivity contribution in [3.05, 3.63) is 11.3 Å². The molecule has 0 aliphatic heterocycles. The summed E-state index contributed by atoms with van der Waals surface area (Å²) in [5.74, 6) is 2.27. The van der Waals surface area contributed by atoms with Crippen molar-refractivity contribution in [2.24, 2.45) is 12.0 Å². The van der Waals surface area contributed by atoms with E-state index in [1.54, 1.807) is 42.5 Å². The zero-order chi connectivity index (χ0) is 18.8. The molecule has 0 saturated heterocycles. The maximum Gasteiger partial charge on any atom is 0.241 e. The van der Waals surface area contributed by atoms with Gasteiger partial charge in [-0.1, -0.05) is 6.92 Å². The van der Waals surface area contributed by atoms with E-state index in [1.807, 2.05) is 7.05 Å². The number of aliphatic imine (C=N–C) groups is 1. The number of methoxy groups -OCH3 is 1. The molecular formula is C16H30N6O2S. The molecule has 0 fully saturated rings. The number of nitrogens with one attached hydrogen (secondary N) is 2. The molecule has 0 aliphatic carbocycles. The monoisotopic (exact) mass is 370 g/mol. The summed E-state index contributed by atoms with van der Waals surface area (Å²) < 4.78 is 7.18. The minimum Gasteiger partial charge on any atom is -0.481 e. The Kier molecular flexibility index (Phi) is 9.18. The molecule has 0 bridgehead atoms. The Morgan fingerprint density at radius 2 is 2.12 bits per heavy atom. The van der Waals surface area contributed by atoms with E-state index in [1.165, 1.54) is 0 Å². The average Bonchev–Trinajstić information content (AvgIpc) is 2.91. The maximum atomic E-state index is 11.8. The summed E-state index contributed by atoms with van der Waals surface area (Å²) in [5, 5.41) is 10.8. The Morgan fingerprint density at radius 3 is 2.68 bits per heavy atom. The molecule has 0 spiro atoms. The number of aryl methyl sites for hydroxylation is 2. The summed E-state index contributed by atoms with van der Waals surface area (Å²) in [6.45, 7) is 3.46. The number of ether oxygens (including phenoxy) is 1. The fourth-order valence-electron chi connectivity index (χ4n) is 2.23. The Labute approximate surface area is 154 Å². The molecule has 1 aromatic rings. The molecule has 8 nitrogen and oxygen atoms in total. The Bertz CT molecular complexity index is 585. The topological polar surface area (TPSA) is 83.8 Å². The molecule has 0 aliphatic rings. The second-order valence-electron chi connectivity index (χ2n) is 5.64. The van der Waals surface area contributed by atoms with Crippen LogP contribution in [0.25, 0.3) is 0 Å². The van der Waals surface area contributed by atoms with Gasteiger partial charge in [-0.3, -0.25) is 4.79 Å². The third kappa shape index (κ3) is 6.49. The van der Waals surface area contributed by atoms with Crippen LogP contribution in [0.4, 0.5) is 0 Å². The second kappa shape index (κ2) is 10.9. The Balaban J connectivity index is 2.88. The molecule has 1 heterocycles. The van der Waals surface area contributed by atoms with E-state index >= 15 is 0 Å². The van der Waals surface area contributed by atoms with Crippen molar-refractivity contribution >= 4 is 23.6 Å². The summed E-state index contributed by atoms with van der Waals surface area (Å²) >= 11 is 1.75. The van der Waals surface area contributed by atoms with Gasteiger partial charge in [-0.2, -0.15) is 16.9 Å². The van der Waals surface area contributed by atoms with E-state index in [4.69, 9.17) is 4.74 Å². The smallest absolute Gasteiger partial charge is 0.241 e. The molecule has 0 unspecified atom stereocenters. The second-order valence-corrected chi connectivity index (χ2v) is 6.62. The summed E-state index contributed by atoms with van der Waals surface area (Å²) in [5.41, 5.74) is 1.94. The quantitative estimate of drug-likeness (QED) is 0.374. The van der Waals surface area contributed by atoms with Crippen molar-refractivity contribution in [2.45, 2.75) is 19.9 Å². The van der Waals surface area contributed by atoms with Crippen LogP contribution in [-0.2, 0) is 24.8 Å². The Morgan fingerprint density at radius 1 is 1.40 bits per heavy atom. The molecule has 9 heteroatoms. The molecule has 0 radical (unpaired) electrons. The number of rotatable bonds is 9. The number of aromatic nitrogens is 2. The maximum absolute atomic E-state index is 11.8. The molecule has 1 amide bonds. The number of amides is 1. The van der Waals surface area contributed by atoms with Gasteiger partial charge in [-0.05, 0) is 12.7 Å². The van der Waals surface area contributed by atoms with Gasteiger partial charge in [0.25, 0.3) is 0 Å². The molecule has 25 heavy (non-hydrogen) atoms. The van der Waals surface area contributed by atoms with Crippen LogP contribution >= 0.6 is 11.8 Å². The van der Waals surface area contributed by atoms with E-state index < -0.39 is 0 Å². The first-order chi connectivity index (χ1) is 11.9. The SMILES string of the molecule is CCc1nn(C)c(OC)c1CN=C(NCCSC)NCC(=O)N(C)C. The van der Waals surface area contributed by atoms with Crippen LogP contribution in [0.5, 0.6) is 5.88 Å². The zero-order valence-electron chi connectivity index (χ0n) is 16.0. The van der Waals surface area contributed by atoms with Gasteiger partial charge in [-0.25, -0.2) is 9.67 Å². The summed E-state index contributed by atoms with van der Waals surface area (Å²) in [6, 6.07) is 0. The lowest BCUT2D eigenvalue weighted by Crippen LogP contribution is -2.43. The highest BCUT2D eigenvalue weighted by Gasteiger charge is 2.15. The number of carbonyl (C=O) groups is 1. The van der Waals surface area contributed by atoms with Gasteiger partial charge in [-0.15, -0.1) is 0 Å². The van der Waals surface area contributed by atoms with Crippen molar-refractivity contribution in [2.75, 3.05) is 46.3 Å². The van der Waals surface area contributed by atoms with Gasteiger partial charge in [0.1, 0.15) is 0 Å². The Hall–Kier alpha value is -1.90. The van der Waals surface area contributed by atoms with Crippen molar-refractivity contribution < 1.29 is 9.53 Å². The lowest BCUT2D eigenvalue weighted by Gasteiger charge is -2.15. The number of thioether (sulfide) groups is 1. The fraction of sp³-hybridized carbons (Fsp3) is 0.688. The molecular weight excluding hydrogens is 340 g/mol. The van der Waals surface area contributed by atoms with Gasteiger partial charge >= 0.3 is 0 Å². The first-order valence-electron chi connectivity index (χ1n) is 8.24. The van der Waals surface area contributed by atoms with Crippen LogP contribution in [0.15, 0.2) is 4.99 Å². The van der Waals surface area contributed by atoms with Crippen LogP contribution in [0.3, 0.4) is 0 Å². The normalized spacial score (nSPS) is 11.4. The third-order valence-electron chi connectivity index (χ3n) is 3.60. The number of nitrogens with zero attached hydrogens (tertiary/aromatic N) is 4. The number of hydrogen-bond acceptors (Lipinski definition) is 5. The highest BCUT2D eigenvalue weighted by molar-refractivity contribution is 7.98. The van der Waals surface area contributed by atoms with Crippen LogP contribution in [-0.4, -0.2) is 72.9 Å². The van der Waals surface area contributed by atoms with Crippen LogP contribution < -0.4 is 15.4 Å². The summed E-state index contributed by atoms with van der Waals surface area (Å²) in [4.78, 5) is 18.0. The molecule has 1 aromatic heterocycles. The van der Waals surface area contributed by atoms with E-state index in [2.05, 4.69) is 33.9 Å². The van der Waals surface area contributed by atoms with Crippen LogP contribution in [0.2, 0.25) is 0 Å². The third-order valence-corrected chi connectivity index (χ3v) is 4.21. The molecule has 1 rings (SSSR count). The van der Waals surface area contributed by atoms with Crippen molar-refractivity contribution in [1.29, 1.82) is 0 Å². The number of hydrogen-bond donors (Lipinski definition) is 2. The highest BCUT2D eigenvalue weighted by atomic mass is 32.2. The standard InChI is InChI=1S/C16H30N6O2S/c1-7-13-12(15(24-5)22(4)20-13)10-18-16(17-8-9-25-6)19-11-14(23)21(2)3/h7-11H2,1-6H3,(H2,17,18,19). The highest BCUT2D eigenvalue weighted by Crippen LogP contribution is 2.22. The molecule has 142 valence electrons. The van der Waals surface area contributed by atoms with Gasteiger partial charge in [0.2, 0.25) is 11.8 Å². The first-order valence-corrected chi connectivity index (χ1v) is 9.63. The van der Waals surface area contributed by atoms with Gasteiger partial charge in [0.05, 0.1) is 31.5 Å². The van der Waals surface area contributed by atoms with Gasteiger partial charge in [0.15, 0.2) is 5.96 Å². The average molecular weight is 371 g/mol. The minimum atomic E-state index is -0.00688. The van der Waals surface area contributed by atoms with Crippen molar-refractivity contribution in [3.63, 3.8) is 0 Å². The first kappa shape index (κ1) is 21.1. The van der Waals surface area contributed by atoms with E-state index in [9.17, 15) is 4.79 Å². The van der Waals surface area contributed by atoms with E-state index in [0.29, 0.717) is 18.4 Å². The van der Waals surface area contributed by atoms with E-state index in [-0.39, 0.29) is 12.5 Å². The predicted octanol–water partition coefficient (Wildman–Crippen LogP) is 0.478. The lowest BCUT2D eigenvalue weighted by atomic mass is 10.2. The molecule has 2 N–H and O–H groups in total.